The van der Waals surface area contributed by atoms with E-state index in [1.54, 1.807) is 13.3 Å². The average Bonchev–Trinajstić information content (AvgIpc) is 2.77. The van der Waals surface area contributed by atoms with Crippen molar-refractivity contribution in [3.05, 3.63) is 30.1 Å². The third kappa shape index (κ3) is 3.15. The normalized spacial score (nSPS) is 12.6. The molecule has 0 radical (unpaired) electrons. The second kappa shape index (κ2) is 6.49. The number of nitrogens with zero attached hydrogens (tertiary/aromatic N) is 2. The van der Waals surface area contributed by atoms with Crippen LogP contribution in [0.5, 0.6) is 0 Å². The lowest BCUT2D eigenvalue weighted by Gasteiger charge is -2.13. The molecule has 2 aromatic rings. The van der Waals surface area contributed by atoms with Crippen molar-refractivity contribution in [2.24, 2.45) is 5.73 Å². The Morgan fingerprint density at radius 2 is 2.40 bits per heavy atom. The van der Waals surface area contributed by atoms with E-state index < -0.39 is 0 Å². The van der Waals surface area contributed by atoms with Crippen LogP contribution in [0.2, 0.25) is 0 Å². The minimum absolute atomic E-state index is 0.0173. The molecule has 1 atom stereocenters. The summed E-state index contributed by atoms with van der Waals surface area (Å²) in [6, 6.07) is 3.82. The van der Waals surface area contributed by atoms with Crippen molar-refractivity contribution >= 4 is 16.9 Å². The number of hydrogen-bond acceptors (Lipinski definition) is 4. The molecule has 3 N–H and O–H groups in total. The highest BCUT2D eigenvalue weighted by atomic mass is 16.5. The molecule has 0 aliphatic heterocycles. The van der Waals surface area contributed by atoms with Gasteiger partial charge in [-0.15, -0.1) is 0 Å². The van der Waals surface area contributed by atoms with Crippen LogP contribution in [-0.2, 0) is 22.6 Å². The number of amides is 1. The molecule has 0 aliphatic rings. The van der Waals surface area contributed by atoms with Gasteiger partial charge < -0.3 is 20.4 Å². The number of aromatic nitrogens is 2. The molecule has 2 aromatic heterocycles. The number of fused-ring (bicyclic) bond motifs is 1. The van der Waals surface area contributed by atoms with Crippen LogP contribution >= 0.6 is 0 Å². The Hall–Kier alpha value is -1.92. The van der Waals surface area contributed by atoms with Crippen LogP contribution in [0.3, 0.4) is 0 Å². The van der Waals surface area contributed by atoms with E-state index in [-0.39, 0.29) is 18.5 Å². The molecule has 0 spiro atoms. The molecule has 2 heterocycles. The van der Waals surface area contributed by atoms with E-state index in [1.807, 2.05) is 29.8 Å². The SMILES string of the molecule is COCC(C)NC(=O)Cn1cc(CN)c2cccnc21. The number of hydrogen-bond donors (Lipinski definition) is 2. The van der Waals surface area contributed by atoms with E-state index >= 15 is 0 Å². The first-order chi connectivity index (χ1) is 9.65. The number of carbonyl (C=O) groups is 1. The minimum atomic E-state index is -0.0688. The van der Waals surface area contributed by atoms with Crippen LogP contribution in [0.25, 0.3) is 11.0 Å². The summed E-state index contributed by atoms with van der Waals surface area (Å²) in [5, 5.41) is 3.87. The number of pyridine rings is 1. The maximum Gasteiger partial charge on any atom is 0.240 e. The Morgan fingerprint density at radius 3 is 3.10 bits per heavy atom. The summed E-state index contributed by atoms with van der Waals surface area (Å²) in [4.78, 5) is 16.3. The quantitative estimate of drug-likeness (QED) is 0.811. The standard InChI is InChI=1S/C14H20N4O2/c1-10(9-20-2)17-13(19)8-18-7-11(6-15)12-4-3-5-16-14(12)18/h3-5,7,10H,6,8-9,15H2,1-2H3,(H,17,19). The van der Waals surface area contributed by atoms with E-state index in [9.17, 15) is 4.79 Å². The second-order valence-corrected chi connectivity index (χ2v) is 4.78. The highest BCUT2D eigenvalue weighted by Crippen LogP contribution is 2.18. The van der Waals surface area contributed by atoms with Gasteiger partial charge in [0.15, 0.2) is 0 Å². The Morgan fingerprint density at radius 1 is 1.60 bits per heavy atom. The summed E-state index contributed by atoms with van der Waals surface area (Å²) in [5.41, 5.74) is 7.49. The van der Waals surface area contributed by atoms with Crippen molar-refractivity contribution in [3.8, 4) is 0 Å². The van der Waals surface area contributed by atoms with E-state index in [0.29, 0.717) is 13.2 Å². The minimum Gasteiger partial charge on any atom is -0.383 e. The largest absolute Gasteiger partial charge is 0.383 e. The van der Waals surface area contributed by atoms with Crippen LogP contribution in [0.1, 0.15) is 12.5 Å². The molecule has 0 saturated heterocycles. The van der Waals surface area contributed by atoms with Crippen molar-refractivity contribution in [1.82, 2.24) is 14.9 Å². The number of nitrogens with one attached hydrogen (secondary N) is 1. The van der Waals surface area contributed by atoms with Crippen LogP contribution in [-0.4, -0.2) is 35.2 Å². The maximum atomic E-state index is 12.0. The van der Waals surface area contributed by atoms with E-state index in [4.69, 9.17) is 10.5 Å². The first-order valence-electron chi connectivity index (χ1n) is 6.56. The van der Waals surface area contributed by atoms with Gasteiger partial charge in [-0.1, -0.05) is 0 Å². The monoisotopic (exact) mass is 276 g/mol. The lowest BCUT2D eigenvalue weighted by molar-refractivity contribution is -0.122. The third-order valence-corrected chi connectivity index (χ3v) is 3.07. The number of methoxy groups -OCH3 is 1. The summed E-state index contributed by atoms with van der Waals surface area (Å²) in [5.74, 6) is -0.0688. The summed E-state index contributed by atoms with van der Waals surface area (Å²) in [7, 11) is 1.61. The molecule has 0 aromatic carbocycles. The molecule has 0 aliphatic carbocycles. The molecule has 0 fully saturated rings. The fraction of sp³-hybridized carbons (Fsp3) is 0.429. The van der Waals surface area contributed by atoms with Crippen molar-refractivity contribution in [2.75, 3.05) is 13.7 Å². The Bertz CT molecular complexity index is 594. The highest BCUT2D eigenvalue weighted by molar-refractivity contribution is 5.83. The zero-order valence-corrected chi connectivity index (χ0v) is 11.8. The molecule has 0 bridgehead atoms. The first kappa shape index (κ1) is 14.5. The van der Waals surface area contributed by atoms with Crippen LogP contribution in [0.4, 0.5) is 0 Å². The smallest absolute Gasteiger partial charge is 0.240 e. The van der Waals surface area contributed by atoms with Crippen LogP contribution in [0, 0.1) is 0 Å². The fourth-order valence-corrected chi connectivity index (χ4v) is 2.25. The molecule has 1 amide bonds. The molecular formula is C14H20N4O2. The lowest BCUT2D eigenvalue weighted by Crippen LogP contribution is -2.37. The van der Waals surface area contributed by atoms with Crippen molar-refractivity contribution in [1.29, 1.82) is 0 Å². The number of rotatable bonds is 6. The molecule has 6 heteroatoms. The van der Waals surface area contributed by atoms with E-state index in [0.717, 1.165) is 16.6 Å². The van der Waals surface area contributed by atoms with Crippen molar-refractivity contribution in [3.63, 3.8) is 0 Å². The third-order valence-electron chi connectivity index (χ3n) is 3.07. The Kier molecular flexibility index (Phi) is 4.70. The molecule has 2 rings (SSSR count). The second-order valence-electron chi connectivity index (χ2n) is 4.78. The molecule has 108 valence electrons. The molecule has 1 unspecified atom stereocenters. The molecule has 20 heavy (non-hydrogen) atoms. The van der Waals surface area contributed by atoms with Crippen LogP contribution in [0.15, 0.2) is 24.5 Å². The molecule has 6 nitrogen and oxygen atoms in total. The topological polar surface area (TPSA) is 82.2 Å². The van der Waals surface area contributed by atoms with Gasteiger partial charge in [-0.3, -0.25) is 4.79 Å². The molecular weight excluding hydrogens is 256 g/mol. The summed E-state index contributed by atoms with van der Waals surface area (Å²) in [6.07, 6.45) is 3.60. The number of ether oxygens (including phenoxy) is 1. The van der Waals surface area contributed by atoms with E-state index in [2.05, 4.69) is 10.3 Å². The van der Waals surface area contributed by atoms with Gasteiger partial charge in [0.25, 0.3) is 0 Å². The zero-order chi connectivity index (χ0) is 14.5. The van der Waals surface area contributed by atoms with Gasteiger partial charge in [-0.25, -0.2) is 4.98 Å². The van der Waals surface area contributed by atoms with Gasteiger partial charge in [0, 0.05) is 37.5 Å². The fourth-order valence-electron chi connectivity index (χ4n) is 2.25. The van der Waals surface area contributed by atoms with Gasteiger partial charge in [0.05, 0.1) is 6.61 Å². The predicted molar refractivity (Wildman–Crippen MR) is 77.1 cm³/mol. The lowest BCUT2D eigenvalue weighted by atomic mass is 10.2. The van der Waals surface area contributed by atoms with Crippen molar-refractivity contribution in [2.45, 2.75) is 26.1 Å². The first-order valence-corrected chi connectivity index (χ1v) is 6.56. The zero-order valence-electron chi connectivity index (χ0n) is 11.8. The number of carbonyl (C=O) groups excluding carboxylic acids is 1. The van der Waals surface area contributed by atoms with Crippen molar-refractivity contribution < 1.29 is 9.53 Å². The highest BCUT2D eigenvalue weighted by Gasteiger charge is 2.12. The van der Waals surface area contributed by atoms with Crippen LogP contribution < -0.4 is 11.1 Å². The Labute approximate surface area is 117 Å². The number of nitrogens with two attached hydrogens (primary N) is 1. The summed E-state index contributed by atoms with van der Waals surface area (Å²) in [6.45, 7) is 3.04. The molecule has 0 saturated carbocycles. The van der Waals surface area contributed by atoms with Gasteiger partial charge in [0.1, 0.15) is 12.2 Å². The maximum absolute atomic E-state index is 12.0. The predicted octanol–water partition coefficient (Wildman–Crippen LogP) is 0.646. The van der Waals surface area contributed by atoms with E-state index in [1.165, 1.54) is 0 Å². The Balaban J connectivity index is 2.15. The van der Waals surface area contributed by atoms with Gasteiger partial charge in [-0.05, 0) is 24.6 Å². The average molecular weight is 276 g/mol. The van der Waals surface area contributed by atoms with Gasteiger partial charge in [0.2, 0.25) is 5.91 Å². The summed E-state index contributed by atoms with van der Waals surface area (Å²) < 4.78 is 6.82. The summed E-state index contributed by atoms with van der Waals surface area (Å²) >= 11 is 0. The van der Waals surface area contributed by atoms with Gasteiger partial charge in [-0.2, -0.15) is 0 Å². The van der Waals surface area contributed by atoms with Gasteiger partial charge >= 0.3 is 0 Å².